The van der Waals surface area contributed by atoms with E-state index in [4.69, 9.17) is 22.7 Å². The molecule has 0 atom stereocenters. The summed E-state index contributed by atoms with van der Waals surface area (Å²) in [6, 6.07) is 10.9. The van der Waals surface area contributed by atoms with Crippen molar-refractivity contribution in [3.63, 3.8) is 0 Å². The molecule has 0 radical (unpaired) electrons. The van der Waals surface area contributed by atoms with Gasteiger partial charge in [0.2, 0.25) is 0 Å². The lowest BCUT2D eigenvalue weighted by Crippen LogP contribution is -2.23. The highest BCUT2D eigenvalue weighted by Crippen LogP contribution is 2.12. The molecule has 2 N–H and O–H groups in total. The number of nitrogens with two attached hydrogens (primary N) is 1. The fraction of sp³-hybridized carbons (Fsp3) is 0.200. The maximum Gasteiger partial charge on any atom is 0.253 e. The number of pyridine rings is 1. The van der Waals surface area contributed by atoms with E-state index >= 15 is 0 Å². The number of benzene rings is 1. The van der Waals surface area contributed by atoms with E-state index < -0.39 is 0 Å². The summed E-state index contributed by atoms with van der Waals surface area (Å²) in [6.45, 7) is 2.74. The van der Waals surface area contributed by atoms with E-state index in [1.54, 1.807) is 23.8 Å². The molecule has 0 saturated heterocycles. The third-order valence-corrected chi connectivity index (χ3v) is 3.19. The molecule has 20 heavy (non-hydrogen) atoms. The number of hydrogen-bond acceptors (Lipinski definition) is 3. The van der Waals surface area contributed by atoms with Crippen LogP contribution in [0.2, 0.25) is 0 Å². The molecule has 0 bridgehead atoms. The molecule has 2 rings (SSSR count). The monoisotopic (exact) mass is 288 g/mol. The van der Waals surface area contributed by atoms with Gasteiger partial charge in [0.25, 0.3) is 5.56 Å². The van der Waals surface area contributed by atoms with Crippen LogP contribution in [-0.4, -0.2) is 16.2 Å². The highest BCUT2D eigenvalue weighted by molar-refractivity contribution is 7.80. The molecule has 0 unspecified atom stereocenters. The predicted molar refractivity (Wildman–Crippen MR) is 83.3 cm³/mol. The van der Waals surface area contributed by atoms with Crippen molar-refractivity contribution in [1.82, 2.24) is 4.57 Å². The van der Waals surface area contributed by atoms with E-state index in [9.17, 15) is 4.79 Å². The first-order chi connectivity index (χ1) is 9.58. The van der Waals surface area contributed by atoms with Crippen LogP contribution < -0.4 is 16.0 Å². The van der Waals surface area contributed by atoms with Crippen molar-refractivity contribution in [3.8, 4) is 5.75 Å². The molecule has 1 heterocycles. The topological polar surface area (TPSA) is 57.2 Å². The molecule has 1 aromatic carbocycles. The Balaban J connectivity index is 1.94. The van der Waals surface area contributed by atoms with Gasteiger partial charge in [0.05, 0.1) is 6.54 Å². The smallest absolute Gasteiger partial charge is 0.253 e. The zero-order valence-electron chi connectivity index (χ0n) is 11.2. The maximum atomic E-state index is 11.8. The Morgan fingerprint density at radius 2 is 2.00 bits per heavy atom. The molecule has 0 spiro atoms. The van der Waals surface area contributed by atoms with Crippen LogP contribution in [0.25, 0.3) is 0 Å². The van der Waals surface area contributed by atoms with Gasteiger partial charge in [-0.1, -0.05) is 18.3 Å². The number of nitrogens with zero attached hydrogens (tertiary/aromatic N) is 1. The average Bonchev–Trinajstić information content (AvgIpc) is 2.44. The quantitative estimate of drug-likeness (QED) is 0.853. The van der Waals surface area contributed by atoms with E-state index in [-0.39, 0.29) is 5.56 Å². The minimum Gasteiger partial charge on any atom is -0.492 e. The van der Waals surface area contributed by atoms with Crippen LogP contribution in [-0.2, 0) is 6.54 Å². The fourth-order valence-corrected chi connectivity index (χ4v) is 1.95. The Morgan fingerprint density at radius 3 is 2.65 bits per heavy atom. The largest absolute Gasteiger partial charge is 0.492 e. The van der Waals surface area contributed by atoms with Crippen LogP contribution in [0.1, 0.15) is 11.1 Å². The second-order valence-electron chi connectivity index (χ2n) is 4.43. The molecular formula is C15H16N2O2S. The molecule has 0 fully saturated rings. The molecular weight excluding hydrogens is 272 g/mol. The van der Waals surface area contributed by atoms with Crippen LogP contribution in [0.4, 0.5) is 0 Å². The molecule has 0 aliphatic heterocycles. The lowest BCUT2D eigenvalue weighted by molar-refractivity contribution is 0.296. The van der Waals surface area contributed by atoms with Gasteiger partial charge in [-0.05, 0) is 37.3 Å². The van der Waals surface area contributed by atoms with Crippen LogP contribution in [0.15, 0.2) is 47.4 Å². The maximum absolute atomic E-state index is 11.8. The number of hydrogen-bond donors (Lipinski definition) is 1. The molecule has 4 nitrogen and oxygen atoms in total. The van der Waals surface area contributed by atoms with Gasteiger partial charge in [-0.3, -0.25) is 4.79 Å². The van der Waals surface area contributed by atoms with Crippen molar-refractivity contribution in [2.24, 2.45) is 5.73 Å². The molecule has 1 aromatic heterocycles. The molecule has 0 amide bonds. The Hall–Kier alpha value is -2.14. The third-order valence-electron chi connectivity index (χ3n) is 2.95. The number of aromatic nitrogens is 1. The highest BCUT2D eigenvalue weighted by atomic mass is 32.1. The molecule has 2 aromatic rings. The van der Waals surface area contributed by atoms with Crippen molar-refractivity contribution >= 4 is 17.2 Å². The van der Waals surface area contributed by atoms with Gasteiger partial charge in [-0.15, -0.1) is 0 Å². The summed E-state index contributed by atoms with van der Waals surface area (Å²) in [5.41, 5.74) is 7.07. The number of rotatable bonds is 5. The summed E-state index contributed by atoms with van der Waals surface area (Å²) in [7, 11) is 0. The lowest BCUT2D eigenvalue weighted by atomic mass is 10.2. The first-order valence-corrected chi connectivity index (χ1v) is 6.67. The summed E-state index contributed by atoms with van der Waals surface area (Å²) in [4.78, 5) is 12.2. The fourth-order valence-electron chi connectivity index (χ4n) is 1.81. The Labute approximate surface area is 122 Å². The molecule has 104 valence electrons. The number of ether oxygens (including phenoxy) is 1. The van der Waals surface area contributed by atoms with Crippen LogP contribution >= 0.6 is 12.2 Å². The van der Waals surface area contributed by atoms with Gasteiger partial charge in [0.1, 0.15) is 17.3 Å². The minimum absolute atomic E-state index is 0.0138. The van der Waals surface area contributed by atoms with Gasteiger partial charge in [-0.25, -0.2) is 0 Å². The average molecular weight is 288 g/mol. The van der Waals surface area contributed by atoms with E-state index in [1.165, 1.54) is 0 Å². The summed E-state index contributed by atoms with van der Waals surface area (Å²) in [5.74, 6) is 0.728. The standard InChI is InChI=1S/C15H16N2O2S/c1-11-3-2-8-17(15(11)18)9-10-19-13-6-4-12(5-7-13)14(16)20/h2-8H,9-10H2,1H3,(H2,16,20). The van der Waals surface area contributed by atoms with Gasteiger partial charge in [-0.2, -0.15) is 0 Å². The third kappa shape index (κ3) is 3.45. The normalized spacial score (nSPS) is 10.2. The van der Waals surface area contributed by atoms with Gasteiger partial charge < -0.3 is 15.0 Å². The Kier molecular flexibility index (Phi) is 4.53. The van der Waals surface area contributed by atoms with Crippen LogP contribution in [0, 0.1) is 6.92 Å². The Morgan fingerprint density at radius 1 is 1.30 bits per heavy atom. The van der Waals surface area contributed by atoms with Gasteiger partial charge in [0, 0.05) is 17.3 Å². The second kappa shape index (κ2) is 6.34. The predicted octanol–water partition coefficient (Wildman–Crippen LogP) is 1.87. The summed E-state index contributed by atoms with van der Waals surface area (Å²) in [6.07, 6.45) is 1.76. The van der Waals surface area contributed by atoms with Crippen molar-refractivity contribution in [2.75, 3.05) is 6.61 Å². The van der Waals surface area contributed by atoms with Crippen LogP contribution in [0.5, 0.6) is 5.75 Å². The summed E-state index contributed by atoms with van der Waals surface area (Å²) >= 11 is 4.88. The zero-order chi connectivity index (χ0) is 14.5. The summed E-state index contributed by atoms with van der Waals surface area (Å²) in [5, 5.41) is 0. The van der Waals surface area contributed by atoms with Crippen molar-refractivity contribution in [1.29, 1.82) is 0 Å². The van der Waals surface area contributed by atoms with E-state index in [2.05, 4.69) is 0 Å². The Bertz CT molecular complexity index is 662. The minimum atomic E-state index is 0.0138. The molecule has 0 aliphatic carbocycles. The number of thiocarbonyl (C=S) groups is 1. The first-order valence-electron chi connectivity index (χ1n) is 6.26. The van der Waals surface area contributed by atoms with E-state index in [0.29, 0.717) is 18.1 Å². The highest BCUT2D eigenvalue weighted by Gasteiger charge is 2.00. The lowest BCUT2D eigenvalue weighted by Gasteiger charge is -2.09. The van der Waals surface area contributed by atoms with Crippen molar-refractivity contribution in [2.45, 2.75) is 13.5 Å². The van der Waals surface area contributed by atoms with E-state index in [0.717, 1.165) is 16.9 Å². The van der Waals surface area contributed by atoms with Crippen LogP contribution in [0.3, 0.4) is 0 Å². The molecule has 0 saturated carbocycles. The summed E-state index contributed by atoms with van der Waals surface area (Å²) < 4.78 is 7.23. The van der Waals surface area contributed by atoms with Gasteiger partial charge >= 0.3 is 0 Å². The zero-order valence-corrected chi connectivity index (χ0v) is 12.0. The molecule has 0 aliphatic rings. The molecule has 5 heteroatoms. The number of aryl methyl sites for hydroxylation is 1. The van der Waals surface area contributed by atoms with Gasteiger partial charge in [0.15, 0.2) is 0 Å². The van der Waals surface area contributed by atoms with E-state index in [1.807, 2.05) is 30.3 Å². The first kappa shape index (κ1) is 14.3. The second-order valence-corrected chi connectivity index (χ2v) is 4.87. The van der Waals surface area contributed by atoms with Crippen molar-refractivity contribution in [3.05, 3.63) is 64.1 Å². The SMILES string of the molecule is Cc1cccn(CCOc2ccc(C(N)=S)cc2)c1=O. The van der Waals surface area contributed by atoms with Crippen molar-refractivity contribution < 1.29 is 4.74 Å².